The molecule has 37 heavy (non-hydrogen) atoms. The second-order valence-corrected chi connectivity index (χ2v) is 7.86. The van der Waals surface area contributed by atoms with Gasteiger partial charge in [0.25, 0.3) is 0 Å². The number of carboxylic acids is 1. The number of hydrogen-bond donors (Lipinski definition) is 6. The molecule has 0 aromatic carbocycles. The molecular weight excluding hydrogens is 504 g/mol. The highest BCUT2D eigenvalue weighted by Crippen LogP contribution is 2.35. The summed E-state index contributed by atoms with van der Waals surface area (Å²) in [5.41, 5.74) is 7.27. The summed E-state index contributed by atoms with van der Waals surface area (Å²) in [6, 6.07) is -1.45. The molecule has 1 fully saturated rings. The molecule has 1 heterocycles. The van der Waals surface area contributed by atoms with Crippen LogP contribution in [-0.4, -0.2) is 95.6 Å². The largest absolute Gasteiger partial charge is 0.480 e. The molecule has 17 heteroatoms. The number of carbonyl (C=O) groups is 5. The standard InChI is InChI=1S/C20H32N4O13/c1-9(25)32-8-14-15(33-10(2)26)16(34-11(3)27)17(35-12(4)28)20(31,36-14)37-24-13(18(29)30)6-5-7-23-19(21)22/h13-17,24,31H,5-8H2,1-4H3,(H,29,30)(H4,21,22,23)/t13-,14+,15-,16-,17+,20+/m0/s1. The molecule has 0 saturated carbocycles. The third-order valence-electron chi connectivity index (χ3n) is 4.65. The van der Waals surface area contributed by atoms with Crippen LogP contribution in [0.1, 0.15) is 40.5 Å². The molecule has 0 bridgehead atoms. The Balaban J connectivity index is 3.31. The van der Waals surface area contributed by atoms with E-state index in [0.29, 0.717) is 0 Å². The summed E-state index contributed by atoms with van der Waals surface area (Å²) in [5, 5.41) is 30.3. The molecule has 0 radical (unpaired) electrons. The number of nitrogens with two attached hydrogens (primary N) is 1. The molecule has 17 nitrogen and oxygen atoms in total. The second-order valence-electron chi connectivity index (χ2n) is 7.86. The van der Waals surface area contributed by atoms with Crippen molar-refractivity contribution >= 4 is 35.8 Å². The number of rotatable bonds is 13. The highest BCUT2D eigenvalue weighted by Gasteiger charge is 2.61. The van der Waals surface area contributed by atoms with Crippen LogP contribution in [0.25, 0.3) is 0 Å². The molecule has 1 saturated heterocycles. The van der Waals surface area contributed by atoms with Crippen molar-refractivity contribution in [3.05, 3.63) is 0 Å². The van der Waals surface area contributed by atoms with Crippen LogP contribution < -0.4 is 16.5 Å². The number of hydroxylamine groups is 1. The van der Waals surface area contributed by atoms with Crippen molar-refractivity contribution in [1.29, 1.82) is 5.41 Å². The van der Waals surface area contributed by atoms with E-state index in [1.54, 1.807) is 0 Å². The third-order valence-corrected chi connectivity index (χ3v) is 4.65. The Kier molecular flexibility index (Phi) is 12.1. The van der Waals surface area contributed by atoms with Crippen LogP contribution in [0.3, 0.4) is 0 Å². The maximum atomic E-state index is 11.8. The lowest BCUT2D eigenvalue weighted by atomic mass is 9.96. The first kappa shape index (κ1) is 31.5. The molecular formula is C20H32N4O13. The van der Waals surface area contributed by atoms with Gasteiger partial charge in [-0.05, 0) is 12.8 Å². The molecule has 0 aliphatic carbocycles. The summed E-state index contributed by atoms with van der Waals surface area (Å²) in [4.78, 5) is 63.6. The molecule has 210 valence electrons. The van der Waals surface area contributed by atoms with Gasteiger partial charge in [0.15, 0.2) is 18.2 Å². The Morgan fingerprint density at radius 3 is 2.05 bits per heavy atom. The van der Waals surface area contributed by atoms with Crippen LogP contribution in [0.4, 0.5) is 0 Å². The van der Waals surface area contributed by atoms with Crippen LogP contribution >= 0.6 is 0 Å². The summed E-state index contributed by atoms with van der Waals surface area (Å²) in [6.07, 6.45) is -6.73. The van der Waals surface area contributed by atoms with Crippen molar-refractivity contribution in [3.8, 4) is 0 Å². The van der Waals surface area contributed by atoms with Gasteiger partial charge >= 0.3 is 35.8 Å². The normalized spacial score (nSPS) is 25.8. The van der Waals surface area contributed by atoms with Gasteiger partial charge in [-0.2, -0.15) is 5.48 Å². The lowest BCUT2D eigenvalue weighted by Gasteiger charge is -2.47. The highest BCUT2D eigenvalue weighted by molar-refractivity contribution is 5.74. The van der Waals surface area contributed by atoms with Crippen molar-refractivity contribution in [2.75, 3.05) is 13.2 Å². The van der Waals surface area contributed by atoms with Crippen LogP contribution in [0.5, 0.6) is 0 Å². The van der Waals surface area contributed by atoms with Crippen LogP contribution in [0.15, 0.2) is 0 Å². The number of guanidine groups is 1. The fourth-order valence-corrected chi connectivity index (χ4v) is 3.25. The summed E-state index contributed by atoms with van der Waals surface area (Å²) >= 11 is 0. The quantitative estimate of drug-likeness (QED) is 0.0273. The smallest absolute Gasteiger partial charge is 0.340 e. The molecule has 0 spiro atoms. The number of hydrogen-bond acceptors (Lipinski definition) is 14. The SMILES string of the molecule is CC(=O)OC[C@H]1O[C@@](O)(ON[C@@H](CCCNC(=N)N)C(=O)O)[C@H](OC(C)=O)[C@@H](OC(C)=O)[C@H]1OC(C)=O. The first-order valence-corrected chi connectivity index (χ1v) is 11.0. The Bertz CT molecular complexity index is 869. The minimum Gasteiger partial charge on any atom is -0.480 e. The molecule has 0 aromatic heterocycles. The predicted octanol–water partition coefficient (Wildman–Crippen LogP) is -2.37. The number of nitrogens with one attached hydrogen (secondary N) is 3. The molecule has 6 atom stereocenters. The summed E-state index contributed by atoms with van der Waals surface area (Å²) in [5.74, 6) is -8.35. The lowest BCUT2D eigenvalue weighted by Crippen LogP contribution is -2.70. The molecule has 1 aliphatic rings. The van der Waals surface area contributed by atoms with Gasteiger partial charge in [-0.25, -0.2) is 4.84 Å². The van der Waals surface area contributed by atoms with Crippen LogP contribution in [-0.2, 0) is 52.5 Å². The zero-order chi connectivity index (χ0) is 28.3. The summed E-state index contributed by atoms with van der Waals surface area (Å²) < 4.78 is 25.7. The van der Waals surface area contributed by atoms with Crippen LogP contribution in [0.2, 0.25) is 0 Å². The number of aliphatic carboxylic acids is 1. The molecule has 0 amide bonds. The topological polar surface area (TPSA) is 255 Å². The number of ether oxygens (including phenoxy) is 5. The lowest BCUT2D eigenvalue weighted by molar-refractivity contribution is -0.462. The van der Waals surface area contributed by atoms with Gasteiger partial charge in [-0.15, -0.1) is 0 Å². The fraction of sp³-hybridized carbons (Fsp3) is 0.700. The second kappa shape index (κ2) is 14.3. The first-order valence-electron chi connectivity index (χ1n) is 11.0. The maximum Gasteiger partial charge on any atom is 0.340 e. The Labute approximate surface area is 211 Å². The molecule has 1 rings (SSSR count). The van der Waals surface area contributed by atoms with Gasteiger partial charge in [0.2, 0.25) is 6.10 Å². The Morgan fingerprint density at radius 2 is 1.57 bits per heavy atom. The van der Waals surface area contributed by atoms with Gasteiger partial charge in [-0.3, -0.25) is 29.4 Å². The van der Waals surface area contributed by atoms with E-state index in [1.165, 1.54) is 0 Å². The summed E-state index contributed by atoms with van der Waals surface area (Å²) in [6.45, 7) is 3.54. The zero-order valence-corrected chi connectivity index (χ0v) is 20.7. The van der Waals surface area contributed by atoms with Crippen molar-refractivity contribution in [2.24, 2.45) is 5.73 Å². The van der Waals surface area contributed by atoms with E-state index < -0.39 is 72.9 Å². The van der Waals surface area contributed by atoms with Crippen molar-refractivity contribution in [3.63, 3.8) is 0 Å². The molecule has 0 unspecified atom stereocenters. The van der Waals surface area contributed by atoms with Crippen molar-refractivity contribution in [1.82, 2.24) is 10.8 Å². The van der Waals surface area contributed by atoms with Gasteiger partial charge in [0.1, 0.15) is 18.8 Å². The number of esters is 4. The van der Waals surface area contributed by atoms with E-state index in [4.69, 9.17) is 39.7 Å². The molecule has 1 aliphatic heterocycles. The van der Waals surface area contributed by atoms with E-state index in [2.05, 4.69) is 10.8 Å². The Hall–Kier alpha value is -3.54. The van der Waals surface area contributed by atoms with Crippen molar-refractivity contribution in [2.45, 2.75) is 77.0 Å². The highest BCUT2D eigenvalue weighted by atomic mass is 16.9. The molecule has 7 N–H and O–H groups in total. The molecule has 0 aromatic rings. The number of aliphatic hydroxyl groups is 1. The number of carboxylic acid groups (broad SMARTS) is 1. The fourth-order valence-electron chi connectivity index (χ4n) is 3.25. The van der Waals surface area contributed by atoms with E-state index in [-0.39, 0.29) is 25.3 Å². The maximum absolute atomic E-state index is 11.8. The number of carbonyl (C=O) groups excluding carboxylic acids is 4. The van der Waals surface area contributed by atoms with Gasteiger partial charge in [0.05, 0.1) is 0 Å². The Morgan fingerprint density at radius 1 is 1.00 bits per heavy atom. The summed E-state index contributed by atoms with van der Waals surface area (Å²) in [7, 11) is 0. The minimum absolute atomic E-state index is 0.0930. The van der Waals surface area contributed by atoms with E-state index in [9.17, 15) is 34.2 Å². The third kappa shape index (κ3) is 10.5. The average Bonchev–Trinajstić information content (AvgIpc) is 2.75. The van der Waals surface area contributed by atoms with Crippen molar-refractivity contribution < 1.29 is 62.7 Å². The average molecular weight is 536 g/mol. The van der Waals surface area contributed by atoms with E-state index in [0.717, 1.165) is 27.7 Å². The minimum atomic E-state index is -3.03. The van der Waals surface area contributed by atoms with Gasteiger partial charge in [0, 0.05) is 34.2 Å². The van der Waals surface area contributed by atoms with Crippen LogP contribution in [0, 0.1) is 5.41 Å². The monoisotopic (exact) mass is 536 g/mol. The zero-order valence-electron chi connectivity index (χ0n) is 20.7. The van der Waals surface area contributed by atoms with Gasteiger partial charge < -0.3 is 44.9 Å². The van der Waals surface area contributed by atoms with E-state index >= 15 is 0 Å². The van der Waals surface area contributed by atoms with E-state index in [1.807, 2.05) is 0 Å². The first-order chi connectivity index (χ1) is 17.2. The predicted molar refractivity (Wildman–Crippen MR) is 118 cm³/mol. The van der Waals surface area contributed by atoms with Gasteiger partial charge in [-0.1, -0.05) is 0 Å².